The van der Waals surface area contributed by atoms with Crippen molar-refractivity contribution in [3.8, 4) is 0 Å². The van der Waals surface area contributed by atoms with E-state index in [1.807, 2.05) is 0 Å². The SMILES string of the molecule is Cn1ccnc1C(NC(=O)c1ccc2[nH]c(=O)c(=O)[nH]c2c1)c1cccc(F)c1. The fourth-order valence-corrected chi connectivity index (χ4v) is 3.11. The number of hydrogen-bond donors (Lipinski definition) is 3. The summed E-state index contributed by atoms with van der Waals surface area (Å²) in [5, 5.41) is 2.86. The minimum Gasteiger partial charge on any atom is -0.338 e. The van der Waals surface area contributed by atoms with Gasteiger partial charge >= 0.3 is 11.1 Å². The van der Waals surface area contributed by atoms with Gasteiger partial charge in [-0.1, -0.05) is 12.1 Å². The summed E-state index contributed by atoms with van der Waals surface area (Å²) < 4.78 is 15.5. The van der Waals surface area contributed by atoms with E-state index in [-0.39, 0.29) is 5.56 Å². The van der Waals surface area contributed by atoms with Gasteiger partial charge in [-0.15, -0.1) is 0 Å². The average molecular weight is 393 g/mol. The molecule has 146 valence electrons. The summed E-state index contributed by atoms with van der Waals surface area (Å²) in [5.74, 6) is -0.345. The van der Waals surface area contributed by atoms with Crippen molar-refractivity contribution >= 4 is 16.9 Å². The highest BCUT2D eigenvalue weighted by Crippen LogP contribution is 2.22. The molecule has 9 heteroatoms. The fourth-order valence-electron chi connectivity index (χ4n) is 3.11. The smallest absolute Gasteiger partial charge is 0.314 e. The maximum Gasteiger partial charge on any atom is 0.314 e. The van der Waals surface area contributed by atoms with E-state index in [2.05, 4.69) is 20.3 Å². The molecule has 0 aliphatic heterocycles. The first-order valence-corrected chi connectivity index (χ1v) is 8.72. The minimum absolute atomic E-state index is 0.260. The molecule has 0 spiro atoms. The molecule has 3 N–H and O–H groups in total. The zero-order chi connectivity index (χ0) is 20.5. The Balaban J connectivity index is 1.72. The van der Waals surface area contributed by atoms with Gasteiger partial charge in [0, 0.05) is 25.0 Å². The number of hydrogen-bond acceptors (Lipinski definition) is 4. The van der Waals surface area contributed by atoms with Crippen LogP contribution in [0.3, 0.4) is 0 Å². The highest BCUT2D eigenvalue weighted by molar-refractivity contribution is 5.97. The number of carbonyl (C=O) groups excluding carboxylic acids is 1. The van der Waals surface area contributed by atoms with Crippen LogP contribution in [0, 0.1) is 5.82 Å². The number of benzene rings is 2. The standard InChI is InChI=1S/C20H16FN5O3/c1-26-8-7-22-17(26)16(11-3-2-4-13(21)9-11)25-18(27)12-5-6-14-15(10-12)24-20(29)19(28)23-14/h2-10,16H,1H3,(H,23,28)(H,24,29)(H,25,27). The summed E-state index contributed by atoms with van der Waals surface area (Å²) in [5.41, 5.74) is -0.0585. The lowest BCUT2D eigenvalue weighted by Gasteiger charge is -2.19. The van der Waals surface area contributed by atoms with Gasteiger partial charge in [-0.3, -0.25) is 14.4 Å². The third-order valence-electron chi connectivity index (χ3n) is 4.56. The second-order valence-corrected chi connectivity index (χ2v) is 6.53. The first-order valence-electron chi connectivity index (χ1n) is 8.72. The van der Waals surface area contributed by atoms with E-state index >= 15 is 0 Å². The third-order valence-corrected chi connectivity index (χ3v) is 4.56. The number of nitrogens with zero attached hydrogens (tertiary/aromatic N) is 2. The van der Waals surface area contributed by atoms with Crippen molar-refractivity contribution in [1.29, 1.82) is 0 Å². The van der Waals surface area contributed by atoms with Crippen molar-refractivity contribution in [2.75, 3.05) is 0 Å². The Kier molecular flexibility index (Phi) is 4.55. The van der Waals surface area contributed by atoms with Crippen LogP contribution in [0.1, 0.15) is 27.8 Å². The first-order chi connectivity index (χ1) is 13.9. The quantitative estimate of drug-likeness (QED) is 0.457. The highest BCUT2D eigenvalue weighted by atomic mass is 19.1. The summed E-state index contributed by atoms with van der Waals surface area (Å²) in [4.78, 5) is 45.0. The zero-order valence-electron chi connectivity index (χ0n) is 15.3. The van der Waals surface area contributed by atoms with E-state index in [0.717, 1.165) is 0 Å². The van der Waals surface area contributed by atoms with Crippen molar-refractivity contribution in [2.24, 2.45) is 7.05 Å². The van der Waals surface area contributed by atoms with Crippen LogP contribution in [0.15, 0.2) is 64.4 Å². The topological polar surface area (TPSA) is 113 Å². The number of imidazole rings is 1. The fraction of sp³-hybridized carbons (Fsp3) is 0.100. The molecule has 0 radical (unpaired) electrons. The molecule has 1 amide bonds. The maximum atomic E-state index is 13.8. The van der Waals surface area contributed by atoms with Crippen molar-refractivity contribution in [3.05, 3.63) is 98.3 Å². The number of aromatic nitrogens is 4. The zero-order valence-corrected chi connectivity index (χ0v) is 15.3. The van der Waals surface area contributed by atoms with Gasteiger partial charge in [0.1, 0.15) is 17.7 Å². The van der Waals surface area contributed by atoms with Crippen LogP contribution in [-0.2, 0) is 7.05 Å². The van der Waals surface area contributed by atoms with Gasteiger partial charge in [0.2, 0.25) is 0 Å². The first kappa shape index (κ1) is 18.4. The van der Waals surface area contributed by atoms with Crippen molar-refractivity contribution in [1.82, 2.24) is 24.8 Å². The summed E-state index contributed by atoms with van der Waals surface area (Å²) in [6, 6.07) is 9.73. The Hall–Kier alpha value is -4.01. The molecule has 0 fully saturated rings. The summed E-state index contributed by atoms with van der Waals surface area (Å²) >= 11 is 0. The van der Waals surface area contributed by atoms with Crippen LogP contribution in [0.5, 0.6) is 0 Å². The predicted molar refractivity (Wildman–Crippen MR) is 104 cm³/mol. The largest absolute Gasteiger partial charge is 0.338 e. The van der Waals surface area contributed by atoms with Gasteiger partial charge in [-0.05, 0) is 35.9 Å². The number of rotatable bonds is 4. The van der Waals surface area contributed by atoms with Crippen LogP contribution in [0.4, 0.5) is 4.39 Å². The van der Waals surface area contributed by atoms with E-state index in [4.69, 9.17) is 0 Å². The number of nitrogens with one attached hydrogen (secondary N) is 3. The van der Waals surface area contributed by atoms with Gasteiger partial charge in [0.15, 0.2) is 0 Å². The van der Waals surface area contributed by atoms with E-state index in [9.17, 15) is 18.8 Å². The summed E-state index contributed by atoms with van der Waals surface area (Å²) in [6.45, 7) is 0. The molecular formula is C20H16FN5O3. The van der Waals surface area contributed by atoms with Gasteiger partial charge in [0.25, 0.3) is 5.91 Å². The molecule has 1 atom stereocenters. The van der Waals surface area contributed by atoms with E-state index in [1.54, 1.807) is 36.1 Å². The number of aryl methyl sites for hydroxylation is 1. The van der Waals surface area contributed by atoms with Gasteiger partial charge < -0.3 is 19.9 Å². The van der Waals surface area contributed by atoms with Crippen molar-refractivity contribution in [3.63, 3.8) is 0 Å². The maximum absolute atomic E-state index is 13.8. The number of fused-ring (bicyclic) bond motifs is 1. The summed E-state index contributed by atoms with van der Waals surface area (Å²) in [7, 11) is 1.78. The lowest BCUT2D eigenvalue weighted by molar-refractivity contribution is 0.0941. The Morgan fingerprint density at radius 2 is 1.86 bits per heavy atom. The number of amides is 1. The number of carbonyl (C=O) groups is 1. The molecule has 4 aromatic rings. The molecule has 2 aromatic carbocycles. The van der Waals surface area contributed by atoms with E-state index in [1.165, 1.54) is 30.3 Å². The molecular weight excluding hydrogens is 377 g/mol. The number of halogens is 1. The molecule has 8 nitrogen and oxygen atoms in total. The van der Waals surface area contributed by atoms with Crippen LogP contribution >= 0.6 is 0 Å². The van der Waals surface area contributed by atoms with Gasteiger partial charge in [-0.25, -0.2) is 9.37 Å². The van der Waals surface area contributed by atoms with Crippen LogP contribution < -0.4 is 16.4 Å². The average Bonchev–Trinajstić information content (AvgIpc) is 3.12. The second-order valence-electron chi connectivity index (χ2n) is 6.53. The molecule has 1 unspecified atom stereocenters. The molecule has 0 saturated heterocycles. The third kappa shape index (κ3) is 3.57. The van der Waals surface area contributed by atoms with Gasteiger partial charge in [-0.2, -0.15) is 0 Å². The highest BCUT2D eigenvalue weighted by Gasteiger charge is 2.22. The molecule has 2 aromatic heterocycles. The van der Waals surface area contributed by atoms with Crippen LogP contribution in [-0.4, -0.2) is 25.4 Å². The van der Waals surface area contributed by atoms with E-state index in [0.29, 0.717) is 22.4 Å². The molecule has 0 aliphatic carbocycles. The molecule has 0 bridgehead atoms. The molecule has 2 heterocycles. The Morgan fingerprint density at radius 1 is 1.10 bits per heavy atom. The number of H-pyrrole nitrogens is 2. The lowest BCUT2D eigenvalue weighted by atomic mass is 10.0. The molecule has 4 rings (SSSR count). The second kappa shape index (κ2) is 7.19. The summed E-state index contributed by atoms with van der Waals surface area (Å²) in [6.07, 6.45) is 3.32. The van der Waals surface area contributed by atoms with Gasteiger partial charge in [0.05, 0.1) is 11.0 Å². The minimum atomic E-state index is -0.805. The Morgan fingerprint density at radius 3 is 2.55 bits per heavy atom. The van der Waals surface area contributed by atoms with Crippen molar-refractivity contribution < 1.29 is 9.18 Å². The van der Waals surface area contributed by atoms with Crippen LogP contribution in [0.25, 0.3) is 11.0 Å². The Labute approximate surface area is 163 Å². The van der Waals surface area contributed by atoms with E-state index < -0.39 is 28.9 Å². The lowest BCUT2D eigenvalue weighted by Crippen LogP contribution is -2.31. The van der Waals surface area contributed by atoms with Crippen molar-refractivity contribution in [2.45, 2.75) is 6.04 Å². The Bertz CT molecular complexity index is 1340. The molecule has 0 aliphatic rings. The molecule has 29 heavy (non-hydrogen) atoms. The molecule has 0 saturated carbocycles. The normalized spacial score (nSPS) is 12.1. The predicted octanol–water partition coefficient (Wildman–Crippen LogP) is 1.61. The van der Waals surface area contributed by atoms with Crippen LogP contribution in [0.2, 0.25) is 0 Å². The number of aromatic amines is 2. The monoisotopic (exact) mass is 393 g/mol.